The summed E-state index contributed by atoms with van der Waals surface area (Å²) in [6.07, 6.45) is 2.87. The first-order valence-corrected chi connectivity index (χ1v) is 9.56. The van der Waals surface area contributed by atoms with Crippen LogP contribution in [0.3, 0.4) is 0 Å². The number of hydrogen-bond acceptors (Lipinski definition) is 5. The van der Waals surface area contributed by atoms with Gasteiger partial charge in [-0.1, -0.05) is 0 Å². The molecule has 2 aromatic heterocycles. The third-order valence-electron chi connectivity index (χ3n) is 4.53. The fraction of sp³-hybridized carbons (Fsp3) is 0.562. The number of aryl methyl sites for hydroxylation is 1. The van der Waals surface area contributed by atoms with Crippen molar-refractivity contribution in [1.29, 1.82) is 0 Å². The third kappa shape index (κ3) is 3.15. The number of aromatic nitrogens is 3. The molecule has 1 atom stereocenters. The summed E-state index contributed by atoms with van der Waals surface area (Å²) in [7, 11) is 0. The summed E-state index contributed by atoms with van der Waals surface area (Å²) in [6, 6.07) is 4.36. The molecule has 24 heavy (non-hydrogen) atoms. The highest BCUT2D eigenvalue weighted by Crippen LogP contribution is 2.18. The van der Waals surface area contributed by atoms with E-state index in [-0.39, 0.29) is 12.1 Å². The first kappa shape index (κ1) is 15.6. The Morgan fingerprint density at radius 1 is 1.25 bits per heavy atom. The van der Waals surface area contributed by atoms with Gasteiger partial charge in [0, 0.05) is 43.7 Å². The average Bonchev–Trinajstić information content (AvgIpc) is 3.20. The molecule has 4 rings (SSSR count). The minimum atomic E-state index is 0.188. The molecular formula is C16H22N6OS. The van der Waals surface area contributed by atoms with Crippen LogP contribution in [0.1, 0.15) is 12.1 Å². The highest BCUT2D eigenvalue weighted by molar-refractivity contribution is 7.99. The first-order chi connectivity index (χ1) is 11.7. The molecule has 2 amide bonds. The van der Waals surface area contributed by atoms with Crippen molar-refractivity contribution in [3.05, 3.63) is 24.0 Å². The number of carbonyl (C=O) groups is 1. The second-order valence-corrected chi connectivity index (χ2v) is 7.59. The molecular weight excluding hydrogens is 324 g/mol. The van der Waals surface area contributed by atoms with Gasteiger partial charge < -0.3 is 15.1 Å². The van der Waals surface area contributed by atoms with Gasteiger partial charge in [0.05, 0.1) is 11.9 Å². The van der Waals surface area contributed by atoms with Gasteiger partial charge in [0.2, 0.25) is 0 Å². The molecule has 1 N–H and O–H groups in total. The highest BCUT2D eigenvalue weighted by atomic mass is 32.2. The molecule has 0 radical (unpaired) electrons. The van der Waals surface area contributed by atoms with Crippen molar-refractivity contribution in [2.45, 2.75) is 19.4 Å². The fourth-order valence-electron chi connectivity index (χ4n) is 3.29. The van der Waals surface area contributed by atoms with Crippen LogP contribution in [0, 0.1) is 6.92 Å². The van der Waals surface area contributed by atoms with Gasteiger partial charge in [0.1, 0.15) is 5.82 Å². The van der Waals surface area contributed by atoms with Crippen LogP contribution in [0.4, 0.5) is 10.6 Å². The molecule has 2 aromatic rings. The van der Waals surface area contributed by atoms with E-state index in [1.807, 2.05) is 46.8 Å². The topological polar surface area (TPSA) is 65.8 Å². The number of hydrogen-bond donors (Lipinski definition) is 1. The van der Waals surface area contributed by atoms with Crippen molar-refractivity contribution in [3.63, 3.8) is 0 Å². The van der Waals surface area contributed by atoms with Crippen LogP contribution in [-0.4, -0.2) is 74.2 Å². The van der Waals surface area contributed by atoms with E-state index in [1.54, 1.807) is 4.52 Å². The number of fused-ring (bicyclic) bond motifs is 1. The minimum Gasteiger partial charge on any atom is -0.364 e. The normalized spacial score (nSPS) is 21.5. The maximum absolute atomic E-state index is 12.6. The molecule has 8 heteroatoms. The van der Waals surface area contributed by atoms with Crippen molar-refractivity contribution < 1.29 is 4.79 Å². The summed E-state index contributed by atoms with van der Waals surface area (Å²) in [5.41, 5.74) is 1.81. The molecule has 0 saturated carbocycles. The number of urea groups is 1. The van der Waals surface area contributed by atoms with Crippen molar-refractivity contribution in [2.24, 2.45) is 0 Å². The van der Waals surface area contributed by atoms with Crippen LogP contribution in [-0.2, 0) is 0 Å². The fourth-order valence-corrected chi connectivity index (χ4v) is 4.20. The van der Waals surface area contributed by atoms with E-state index in [4.69, 9.17) is 0 Å². The molecule has 2 aliphatic heterocycles. The first-order valence-electron chi connectivity index (χ1n) is 8.40. The highest BCUT2D eigenvalue weighted by Gasteiger charge is 2.30. The van der Waals surface area contributed by atoms with E-state index in [0.29, 0.717) is 0 Å². The van der Waals surface area contributed by atoms with E-state index < -0.39 is 0 Å². The van der Waals surface area contributed by atoms with E-state index in [1.165, 1.54) is 0 Å². The summed E-state index contributed by atoms with van der Waals surface area (Å²) in [5, 5.41) is 8.00. The Bertz CT molecular complexity index is 741. The quantitative estimate of drug-likeness (QED) is 0.896. The number of carbonyl (C=O) groups excluding carboxylic acids is 1. The van der Waals surface area contributed by atoms with Gasteiger partial charge in [-0.05, 0) is 25.5 Å². The van der Waals surface area contributed by atoms with Crippen molar-refractivity contribution >= 4 is 29.3 Å². The van der Waals surface area contributed by atoms with E-state index >= 15 is 0 Å². The monoisotopic (exact) mass is 346 g/mol. The lowest BCUT2D eigenvalue weighted by Crippen LogP contribution is -2.46. The second kappa shape index (κ2) is 6.51. The Hall–Kier alpha value is -1.96. The molecule has 2 aliphatic rings. The standard InChI is InChI=1S/C16H22N6OS/c1-12-10-22-15(17-12)3-2-14(19-22)18-13-4-5-21(11-13)16(23)20-6-8-24-9-7-20/h2-3,10,13H,4-9,11H2,1H3,(H,18,19)/t13-/m0/s1. The lowest BCUT2D eigenvalue weighted by atomic mass is 10.2. The van der Waals surface area contributed by atoms with Gasteiger partial charge in [0.25, 0.3) is 0 Å². The summed E-state index contributed by atoms with van der Waals surface area (Å²) in [4.78, 5) is 20.9. The summed E-state index contributed by atoms with van der Waals surface area (Å²) in [6.45, 7) is 5.26. The molecule has 2 saturated heterocycles. The number of imidazole rings is 1. The zero-order valence-corrected chi connectivity index (χ0v) is 14.6. The molecule has 0 aromatic carbocycles. The van der Waals surface area contributed by atoms with E-state index in [9.17, 15) is 4.79 Å². The average molecular weight is 346 g/mol. The SMILES string of the molecule is Cc1cn2nc(N[C@H]3CCN(C(=O)N4CCSCC4)C3)ccc2n1. The summed E-state index contributed by atoms with van der Waals surface area (Å²) in [5.74, 6) is 2.93. The molecule has 0 spiro atoms. The second-order valence-electron chi connectivity index (χ2n) is 6.36. The van der Waals surface area contributed by atoms with Crippen LogP contribution >= 0.6 is 11.8 Å². The smallest absolute Gasteiger partial charge is 0.320 e. The van der Waals surface area contributed by atoms with Gasteiger partial charge >= 0.3 is 6.03 Å². The van der Waals surface area contributed by atoms with Crippen LogP contribution < -0.4 is 5.32 Å². The molecule has 128 valence electrons. The van der Waals surface area contributed by atoms with Crippen LogP contribution in [0.5, 0.6) is 0 Å². The summed E-state index contributed by atoms with van der Waals surface area (Å²) < 4.78 is 1.79. The van der Waals surface area contributed by atoms with E-state index in [2.05, 4.69) is 15.4 Å². The molecule has 2 fully saturated rings. The lowest BCUT2D eigenvalue weighted by molar-refractivity contribution is 0.167. The molecule has 0 bridgehead atoms. The number of nitrogens with zero attached hydrogens (tertiary/aromatic N) is 5. The van der Waals surface area contributed by atoms with Gasteiger partial charge in [-0.25, -0.2) is 14.3 Å². The Morgan fingerprint density at radius 2 is 2.08 bits per heavy atom. The van der Waals surface area contributed by atoms with Crippen LogP contribution in [0.2, 0.25) is 0 Å². The molecule has 0 unspecified atom stereocenters. The number of amides is 2. The zero-order valence-electron chi connectivity index (χ0n) is 13.8. The van der Waals surface area contributed by atoms with Crippen LogP contribution in [0.15, 0.2) is 18.3 Å². The van der Waals surface area contributed by atoms with Crippen molar-refractivity contribution in [2.75, 3.05) is 43.0 Å². The predicted molar refractivity (Wildman–Crippen MR) is 95.6 cm³/mol. The van der Waals surface area contributed by atoms with Crippen LogP contribution in [0.25, 0.3) is 5.65 Å². The maximum atomic E-state index is 12.6. The minimum absolute atomic E-state index is 0.188. The van der Waals surface area contributed by atoms with E-state index in [0.717, 1.165) is 61.3 Å². The Morgan fingerprint density at radius 3 is 2.92 bits per heavy atom. The number of nitrogens with one attached hydrogen (secondary N) is 1. The Balaban J connectivity index is 1.38. The number of thioether (sulfide) groups is 1. The van der Waals surface area contributed by atoms with Crippen molar-refractivity contribution in [1.82, 2.24) is 24.4 Å². The number of rotatable bonds is 2. The Labute approximate surface area is 145 Å². The third-order valence-corrected chi connectivity index (χ3v) is 5.48. The predicted octanol–water partition coefficient (Wildman–Crippen LogP) is 1.69. The van der Waals surface area contributed by atoms with Gasteiger partial charge in [-0.15, -0.1) is 5.10 Å². The largest absolute Gasteiger partial charge is 0.364 e. The molecule has 7 nitrogen and oxygen atoms in total. The maximum Gasteiger partial charge on any atom is 0.320 e. The zero-order chi connectivity index (χ0) is 16.5. The van der Waals surface area contributed by atoms with Crippen molar-refractivity contribution in [3.8, 4) is 0 Å². The lowest BCUT2D eigenvalue weighted by Gasteiger charge is -2.30. The number of likely N-dealkylation sites (tertiary alicyclic amines) is 1. The van der Waals surface area contributed by atoms with Gasteiger partial charge in [-0.3, -0.25) is 0 Å². The van der Waals surface area contributed by atoms with Gasteiger partial charge in [-0.2, -0.15) is 11.8 Å². The number of anilines is 1. The molecule has 0 aliphatic carbocycles. The Kier molecular flexibility index (Phi) is 4.22. The van der Waals surface area contributed by atoms with Gasteiger partial charge in [0.15, 0.2) is 5.65 Å². The summed E-state index contributed by atoms with van der Waals surface area (Å²) >= 11 is 1.92. The molecule has 4 heterocycles.